The molecule has 0 spiro atoms. The molecule has 3 aromatic carbocycles. The van der Waals surface area contributed by atoms with Gasteiger partial charge >= 0.3 is 0 Å². The lowest BCUT2D eigenvalue weighted by Crippen LogP contribution is -2.38. The Morgan fingerprint density at radius 1 is 1.00 bits per heavy atom. The number of sulfonamides is 1. The minimum atomic E-state index is -4.16. The van der Waals surface area contributed by atoms with Crippen molar-refractivity contribution in [2.75, 3.05) is 54.0 Å². The zero-order valence-electron chi connectivity index (χ0n) is 19.9. The summed E-state index contributed by atoms with van der Waals surface area (Å²) in [4.78, 5) is 15.0. The van der Waals surface area contributed by atoms with Gasteiger partial charge in [0.05, 0.1) is 30.4 Å². The maximum absolute atomic E-state index is 13.4. The summed E-state index contributed by atoms with van der Waals surface area (Å²) in [5.41, 5.74) is 1.84. The van der Waals surface area contributed by atoms with Gasteiger partial charge in [0.15, 0.2) is 0 Å². The van der Waals surface area contributed by atoms with Crippen LogP contribution in [0.5, 0.6) is 5.75 Å². The van der Waals surface area contributed by atoms with E-state index >= 15 is 0 Å². The third-order valence-electron chi connectivity index (χ3n) is 5.65. The van der Waals surface area contributed by atoms with E-state index in [4.69, 9.17) is 9.47 Å². The number of anilines is 3. The number of nitrogens with one attached hydrogen (secondary N) is 1. The molecular weight excluding hydrogens is 485 g/mol. The maximum Gasteiger partial charge on any atom is 0.264 e. The van der Waals surface area contributed by atoms with Gasteiger partial charge in [0, 0.05) is 24.5 Å². The Kier molecular flexibility index (Phi) is 8.07. The molecule has 0 radical (unpaired) electrons. The van der Waals surface area contributed by atoms with Crippen LogP contribution in [0.15, 0.2) is 77.7 Å². The molecule has 0 unspecified atom stereocenters. The van der Waals surface area contributed by atoms with E-state index in [1.807, 2.05) is 19.1 Å². The van der Waals surface area contributed by atoms with Crippen LogP contribution in [0.4, 0.5) is 21.5 Å². The first-order valence-corrected chi connectivity index (χ1v) is 13.0. The molecule has 1 heterocycles. The lowest BCUT2D eigenvalue weighted by Gasteiger charge is -2.29. The predicted molar refractivity (Wildman–Crippen MR) is 137 cm³/mol. The Bertz CT molecular complexity index is 1260. The smallest absolute Gasteiger partial charge is 0.264 e. The van der Waals surface area contributed by atoms with Crippen molar-refractivity contribution >= 4 is 33.0 Å². The minimum Gasteiger partial charge on any atom is -0.494 e. The van der Waals surface area contributed by atoms with Crippen LogP contribution in [0.25, 0.3) is 0 Å². The van der Waals surface area contributed by atoms with Crippen LogP contribution in [-0.2, 0) is 19.6 Å². The zero-order valence-corrected chi connectivity index (χ0v) is 20.7. The molecular formula is C26H28FN3O5S. The third kappa shape index (κ3) is 6.13. The molecule has 190 valence electrons. The van der Waals surface area contributed by atoms with Gasteiger partial charge in [0.1, 0.15) is 18.1 Å². The molecule has 4 rings (SSSR count). The summed E-state index contributed by atoms with van der Waals surface area (Å²) in [6.07, 6.45) is 0. The molecule has 8 nitrogen and oxygen atoms in total. The fraction of sp³-hybridized carbons (Fsp3) is 0.269. The average Bonchev–Trinajstić information content (AvgIpc) is 2.89. The molecule has 0 aliphatic carbocycles. The largest absolute Gasteiger partial charge is 0.494 e. The van der Waals surface area contributed by atoms with E-state index in [0.717, 1.165) is 35.2 Å². The molecule has 1 amide bonds. The highest BCUT2D eigenvalue weighted by molar-refractivity contribution is 7.92. The first-order chi connectivity index (χ1) is 17.4. The van der Waals surface area contributed by atoms with Gasteiger partial charge in [0.2, 0.25) is 5.91 Å². The highest BCUT2D eigenvalue weighted by atomic mass is 32.2. The van der Waals surface area contributed by atoms with Crippen LogP contribution in [0.3, 0.4) is 0 Å². The van der Waals surface area contributed by atoms with Gasteiger partial charge in [0.25, 0.3) is 10.0 Å². The predicted octanol–water partition coefficient (Wildman–Crippen LogP) is 3.90. The standard InChI is InChI=1S/C26H28FN3O5S/c1-2-35-24-11-9-23(10-12-24)30(36(32,33)25-13-3-20(27)4-14-25)19-26(31)28-21-5-7-22(8-6-21)29-15-17-34-18-16-29/h3-14H,2,15-19H2,1H3,(H,28,31). The average molecular weight is 514 g/mol. The fourth-order valence-electron chi connectivity index (χ4n) is 3.83. The van der Waals surface area contributed by atoms with Gasteiger partial charge in [-0.2, -0.15) is 0 Å². The summed E-state index contributed by atoms with van der Waals surface area (Å²) in [6.45, 7) is 4.76. The SMILES string of the molecule is CCOc1ccc(N(CC(=O)Nc2ccc(N3CCOCC3)cc2)S(=O)(=O)c2ccc(F)cc2)cc1. The summed E-state index contributed by atoms with van der Waals surface area (Å²) in [7, 11) is -4.16. The van der Waals surface area contributed by atoms with Gasteiger partial charge < -0.3 is 19.7 Å². The molecule has 3 aromatic rings. The second-order valence-corrected chi connectivity index (χ2v) is 9.95. The van der Waals surface area contributed by atoms with Crippen molar-refractivity contribution in [1.29, 1.82) is 0 Å². The van der Waals surface area contributed by atoms with E-state index < -0.39 is 28.3 Å². The first kappa shape index (κ1) is 25.5. The molecule has 10 heteroatoms. The van der Waals surface area contributed by atoms with E-state index in [9.17, 15) is 17.6 Å². The molecule has 0 bridgehead atoms. The summed E-state index contributed by atoms with van der Waals surface area (Å²) in [5.74, 6) is -0.501. The molecule has 1 saturated heterocycles. The fourth-order valence-corrected chi connectivity index (χ4v) is 5.25. The number of carbonyl (C=O) groups excluding carboxylic acids is 1. The van der Waals surface area contributed by atoms with E-state index in [0.29, 0.717) is 31.3 Å². The van der Waals surface area contributed by atoms with E-state index in [2.05, 4.69) is 10.2 Å². The minimum absolute atomic E-state index is 0.125. The molecule has 1 aliphatic rings. The zero-order chi connectivity index (χ0) is 25.5. The van der Waals surface area contributed by atoms with Gasteiger partial charge in [-0.15, -0.1) is 0 Å². The lowest BCUT2D eigenvalue weighted by atomic mass is 10.2. The molecule has 1 fully saturated rings. The number of morpholine rings is 1. The van der Waals surface area contributed by atoms with Crippen molar-refractivity contribution in [2.45, 2.75) is 11.8 Å². The number of carbonyl (C=O) groups is 1. The van der Waals surface area contributed by atoms with Gasteiger partial charge in [-0.25, -0.2) is 12.8 Å². The van der Waals surface area contributed by atoms with Gasteiger partial charge in [-0.1, -0.05) is 0 Å². The third-order valence-corrected chi connectivity index (χ3v) is 7.44. The monoisotopic (exact) mass is 513 g/mol. The van der Waals surface area contributed by atoms with Crippen molar-refractivity contribution in [3.8, 4) is 5.75 Å². The first-order valence-electron chi connectivity index (χ1n) is 11.6. The number of hydrogen-bond acceptors (Lipinski definition) is 6. The summed E-state index contributed by atoms with van der Waals surface area (Å²) in [5, 5.41) is 2.76. The molecule has 36 heavy (non-hydrogen) atoms. The van der Waals surface area contributed by atoms with Crippen molar-refractivity contribution in [1.82, 2.24) is 0 Å². The second kappa shape index (κ2) is 11.4. The van der Waals surface area contributed by atoms with Gasteiger partial charge in [-0.05, 0) is 79.7 Å². The lowest BCUT2D eigenvalue weighted by molar-refractivity contribution is -0.114. The van der Waals surface area contributed by atoms with Crippen LogP contribution in [0.2, 0.25) is 0 Å². The van der Waals surface area contributed by atoms with Crippen molar-refractivity contribution in [2.24, 2.45) is 0 Å². The van der Waals surface area contributed by atoms with Crippen LogP contribution in [0.1, 0.15) is 6.92 Å². The number of benzene rings is 3. The normalized spacial score (nSPS) is 13.8. The molecule has 1 aliphatic heterocycles. The summed E-state index contributed by atoms with van der Waals surface area (Å²) in [6, 6.07) is 18.2. The Labute approximate surface area is 210 Å². The molecule has 1 N–H and O–H groups in total. The van der Waals surface area contributed by atoms with E-state index in [1.54, 1.807) is 36.4 Å². The summed E-state index contributed by atoms with van der Waals surface area (Å²) >= 11 is 0. The van der Waals surface area contributed by atoms with Crippen molar-refractivity contribution < 1.29 is 27.1 Å². The topological polar surface area (TPSA) is 88.2 Å². The van der Waals surface area contributed by atoms with Crippen molar-refractivity contribution in [3.05, 3.63) is 78.6 Å². The van der Waals surface area contributed by atoms with E-state index in [1.165, 1.54) is 12.1 Å². The molecule has 0 saturated carbocycles. The van der Waals surface area contributed by atoms with Crippen LogP contribution in [-0.4, -0.2) is 53.8 Å². The van der Waals surface area contributed by atoms with Crippen LogP contribution in [0, 0.1) is 5.82 Å². The number of rotatable bonds is 9. The highest BCUT2D eigenvalue weighted by Gasteiger charge is 2.27. The molecule has 0 atom stereocenters. The maximum atomic E-state index is 13.4. The van der Waals surface area contributed by atoms with Crippen molar-refractivity contribution in [3.63, 3.8) is 0 Å². The quantitative estimate of drug-likeness (QED) is 0.467. The Hall–Kier alpha value is -3.63. The van der Waals surface area contributed by atoms with Gasteiger partial charge in [-0.3, -0.25) is 9.10 Å². The van der Waals surface area contributed by atoms with E-state index in [-0.39, 0.29) is 10.6 Å². The van der Waals surface area contributed by atoms with Crippen LogP contribution >= 0.6 is 0 Å². The number of halogens is 1. The Morgan fingerprint density at radius 3 is 2.25 bits per heavy atom. The number of hydrogen-bond donors (Lipinski definition) is 1. The Morgan fingerprint density at radius 2 is 1.64 bits per heavy atom. The molecule has 0 aromatic heterocycles. The van der Waals surface area contributed by atoms with Crippen LogP contribution < -0.4 is 19.3 Å². The number of nitrogens with zero attached hydrogens (tertiary/aromatic N) is 2. The highest BCUT2D eigenvalue weighted by Crippen LogP contribution is 2.26. The summed E-state index contributed by atoms with van der Waals surface area (Å²) < 4.78 is 52.1. The Balaban J connectivity index is 1.54. The second-order valence-electron chi connectivity index (χ2n) is 8.09. The number of amides is 1. The number of ether oxygens (including phenoxy) is 2.